The monoisotopic (exact) mass is 250 g/mol. The Kier molecular flexibility index (Phi) is 4.70. The van der Waals surface area contributed by atoms with Crippen molar-refractivity contribution in [2.75, 3.05) is 7.05 Å². The van der Waals surface area contributed by atoms with Crippen LogP contribution in [0.2, 0.25) is 0 Å². The summed E-state index contributed by atoms with van der Waals surface area (Å²) in [6.45, 7) is 2.24. The zero-order chi connectivity index (χ0) is 13.0. The highest BCUT2D eigenvalue weighted by Crippen LogP contribution is 2.40. The fourth-order valence-corrected chi connectivity index (χ4v) is 3.36. The van der Waals surface area contributed by atoms with Gasteiger partial charge in [-0.05, 0) is 37.4 Å². The first-order chi connectivity index (χ1) is 8.77. The van der Waals surface area contributed by atoms with E-state index >= 15 is 0 Å². The molecule has 1 aromatic heterocycles. The van der Waals surface area contributed by atoms with E-state index in [1.54, 1.807) is 12.3 Å². The van der Waals surface area contributed by atoms with Crippen molar-refractivity contribution < 1.29 is 4.39 Å². The molecule has 0 aromatic carbocycles. The third-order valence-electron chi connectivity index (χ3n) is 4.31. The molecule has 2 rings (SSSR count). The Hall–Kier alpha value is -0.960. The third kappa shape index (κ3) is 2.72. The van der Waals surface area contributed by atoms with Crippen LogP contribution in [0.15, 0.2) is 18.3 Å². The van der Waals surface area contributed by atoms with Crippen LogP contribution in [-0.4, -0.2) is 12.0 Å². The second kappa shape index (κ2) is 6.28. The van der Waals surface area contributed by atoms with Crippen molar-refractivity contribution in [3.05, 3.63) is 29.8 Å². The van der Waals surface area contributed by atoms with E-state index in [2.05, 4.69) is 17.2 Å². The normalized spacial score (nSPS) is 25.9. The lowest BCUT2D eigenvalue weighted by atomic mass is 9.73. The number of hydrogen-bond donors (Lipinski definition) is 1. The van der Waals surface area contributed by atoms with Crippen LogP contribution in [0.5, 0.6) is 0 Å². The van der Waals surface area contributed by atoms with Gasteiger partial charge in [-0.1, -0.05) is 32.6 Å². The van der Waals surface area contributed by atoms with E-state index in [4.69, 9.17) is 0 Å². The lowest BCUT2D eigenvalue weighted by Gasteiger charge is -2.36. The summed E-state index contributed by atoms with van der Waals surface area (Å²) in [5.74, 6) is 1.02. The second-order valence-corrected chi connectivity index (χ2v) is 5.25. The fraction of sp³-hybridized carbons (Fsp3) is 0.667. The number of halogens is 1. The number of hydrogen-bond acceptors (Lipinski definition) is 2. The Morgan fingerprint density at radius 3 is 2.89 bits per heavy atom. The fourth-order valence-electron chi connectivity index (χ4n) is 3.36. The predicted octanol–water partition coefficient (Wildman–Crippen LogP) is 3.70. The Morgan fingerprint density at radius 1 is 1.44 bits per heavy atom. The molecule has 0 radical (unpaired) electrons. The summed E-state index contributed by atoms with van der Waals surface area (Å²) in [7, 11) is 1.92. The predicted molar refractivity (Wildman–Crippen MR) is 71.7 cm³/mol. The zero-order valence-electron chi connectivity index (χ0n) is 11.3. The average Bonchev–Trinajstić information content (AvgIpc) is 2.42. The standard InChI is InChI=1S/C15H23FN2/c1-3-11-7-4-5-8-12(11)14(17-2)15-13(16)9-6-10-18-15/h6,9-12,14,17H,3-5,7-8H2,1-2H3. The molecule has 1 saturated carbocycles. The highest BCUT2D eigenvalue weighted by Gasteiger charge is 2.32. The van der Waals surface area contributed by atoms with Gasteiger partial charge in [0.25, 0.3) is 0 Å². The largest absolute Gasteiger partial charge is 0.311 e. The summed E-state index contributed by atoms with van der Waals surface area (Å²) in [4.78, 5) is 4.26. The number of aromatic nitrogens is 1. The van der Waals surface area contributed by atoms with Crippen molar-refractivity contribution in [1.82, 2.24) is 10.3 Å². The Bertz CT molecular complexity index is 381. The molecule has 1 fully saturated rings. The highest BCUT2D eigenvalue weighted by molar-refractivity contribution is 5.13. The van der Waals surface area contributed by atoms with Gasteiger partial charge in [0.05, 0.1) is 11.7 Å². The van der Waals surface area contributed by atoms with Gasteiger partial charge in [0.2, 0.25) is 0 Å². The van der Waals surface area contributed by atoms with Gasteiger partial charge in [0.15, 0.2) is 0 Å². The van der Waals surface area contributed by atoms with Crippen molar-refractivity contribution in [3.8, 4) is 0 Å². The van der Waals surface area contributed by atoms with Crippen LogP contribution in [-0.2, 0) is 0 Å². The SMILES string of the molecule is CCC1CCCCC1C(NC)c1ncccc1F. The lowest BCUT2D eigenvalue weighted by Crippen LogP contribution is -2.33. The molecule has 1 heterocycles. The van der Waals surface area contributed by atoms with Crippen molar-refractivity contribution in [2.45, 2.75) is 45.1 Å². The molecule has 2 nitrogen and oxygen atoms in total. The van der Waals surface area contributed by atoms with Crippen LogP contribution in [0.25, 0.3) is 0 Å². The minimum Gasteiger partial charge on any atom is -0.311 e. The molecule has 0 spiro atoms. The first kappa shape index (κ1) is 13.5. The maximum Gasteiger partial charge on any atom is 0.146 e. The molecule has 18 heavy (non-hydrogen) atoms. The molecule has 1 N–H and O–H groups in total. The van der Waals surface area contributed by atoms with E-state index in [0.717, 1.165) is 0 Å². The summed E-state index contributed by atoms with van der Waals surface area (Å²) in [6, 6.07) is 3.22. The van der Waals surface area contributed by atoms with E-state index < -0.39 is 0 Å². The van der Waals surface area contributed by atoms with Crippen LogP contribution in [0.4, 0.5) is 4.39 Å². The molecule has 0 amide bonds. The summed E-state index contributed by atoms with van der Waals surface area (Å²) < 4.78 is 13.9. The lowest BCUT2D eigenvalue weighted by molar-refractivity contribution is 0.175. The molecule has 1 aromatic rings. The molecular weight excluding hydrogens is 227 g/mol. The molecular formula is C15H23FN2. The molecule has 3 atom stereocenters. The van der Waals surface area contributed by atoms with Gasteiger partial charge in [-0.25, -0.2) is 4.39 Å². The van der Waals surface area contributed by atoms with E-state index in [-0.39, 0.29) is 11.9 Å². The van der Waals surface area contributed by atoms with E-state index in [9.17, 15) is 4.39 Å². The average molecular weight is 250 g/mol. The van der Waals surface area contributed by atoms with Crippen LogP contribution >= 0.6 is 0 Å². The zero-order valence-corrected chi connectivity index (χ0v) is 11.3. The number of nitrogens with one attached hydrogen (secondary N) is 1. The van der Waals surface area contributed by atoms with Crippen LogP contribution in [0.1, 0.15) is 50.8 Å². The third-order valence-corrected chi connectivity index (χ3v) is 4.31. The van der Waals surface area contributed by atoms with Crippen molar-refractivity contribution in [3.63, 3.8) is 0 Å². The number of nitrogens with zero attached hydrogens (tertiary/aromatic N) is 1. The van der Waals surface area contributed by atoms with Gasteiger partial charge in [-0.3, -0.25) is 4.98 Å². The smallest absolute Gasteiger partial charge is 0.146 e. The molecule has 3 heteroatoms. The minimum atomic E-state index is -0.183. The molecule has 0 saturated heterocycles. The highest BCUT2D eigenvalue weighted by atomic mass is 19.1. The molecule has 1 aliphatic carbocycles. The van der Waals surface area contributed by atoms with Gasteiger partial charge in [-0.15, -0.1) is 0 Å². The minimum absolute atomic E-state index is 0.0523. The number of pyridine rings is 1. The van der Waals surface area contributed by atoms with Crippen LogP contribution in [0.3, 0.4) is 0 Å². The summed E-state index contributed by atoms with van der Waals surface area (Å²) in [5, 5.41) is 3.29. The molecule has 0 bridgehead atoms. The van der Waals surface area contributed by atoms with Gasteiger partial charge in [0.1, 0.15) is 5.82 Å². The van der Waals surface area contributed by atoms with Crippen LogP contribution < -0.4 is 5.32 Å². The van der Waals surface area contributed by atoms with Crippen LogP contribution in [0, 0.1) is 17.7 Å². The van der Waals surface area contributed by atoms with Gasteiger partial charge in [0, 0.05) is 6.20 Å². The maximum absolute atomic E-state index is 13.9. The quantitative estimate of drug-likeness (QED) is 0.881. The van der Waals surface area contributed by atoms with Gasteiger partial charge in [-0.2, -0.15) is 0 Å². The summed E-state index contributed by atoms with van der Waals surface area (Å²) >= 11 is 0. The Labute approximate surface area is 109 Å². The van der Waals surface area contributed by atoms with Crippen molar-refractivity contribution in [2.24, 2.45) is 11.8 Å². The maximum atomic E-state index is 13.9. The Morgan fingerprint density at radius 2 is 2.22 bits per heavy atom. The van der Waals surface area contributed by atoms with E-state index in [0.29, 0.717) is 17.5 Å². The van der Waals surface area contributed by atoms with E-state index in [1.165, 1.54) is 38.2 Å². The van der Waals surface area contributed by atoms with Gasteiger partial charge >= 0.3 is 0 Å². The first-order valence-corrected chi connectivity index (χ1v) is 7.05. The Balaban J connectivity index is 2.24. The molecule has 0 aliphatic heterocycles. The van der Waals surface area contributed by atoms with Crippen molar-refractivity contribution >= 4 is 0 Å². The summed E-state index contributed by atoms with van der Waals surface area (Å²) in [6.07, 6.45) is 7.89. The molecule has 1 aliphatic rings. The molecule has 3 unspecified atom stereocenters. The van der Waals surface area contributed by atoms with Crippen molar-refractivity contribution in [1.29, 1.82) is 0 Å². The first-order valence-electron chi connectivity index (χ1n) is 7.05. The van der Waals surface area contributed by atoms with Gasteiger partial charge < -0.3 is 5.32 Å². The summed E-state index contributed by atoms with van der Waals surface area (Å²) in [5.41, 5.74) is 0.588. The topological polar surface area (TPSA) is 24.9 Å². The number of rotatable bonds is 4. The van der Waals surface area contributed by atoms with E-state index in [1.807, 2.05) is 7.05 Å². The molecule has 100 valence electrons. The second-order valence-electron chi connectivity index (χ2n) is 5.25.